The molecule has 142 valence electrons. The Kier molecular flexibility index (Phi) is 9.83. The van der Waals surface area contributed by atoms with Gasteiger partial charge in [-0.15, -0.1) is 0 Å². The topological polar surface area (TPSA) is 59.2 Å². The van der Waals surface area contributed by atoms with Gasteiger partial charge in [-0.1, -0.05) is 0 Å². The van der Waals surface area contributed by atoms with Gasteiger partial charge in [0.25, 0.3) is 0 Å². The van der Waals surface area contributed by atoms with Crippen molar-refractivity contribution >= 4 is 33.7 Å². The zero-order valence-electron chi connectivity index (χ0n) is 16.9. The monoisotopic (exact) mass is 455 g/mol. The Labute approximate surface area is 158 Å². The van der Waals surface area contributed by atoms with Crippen LogP contribution in [0.3, 0.4) is 0 Å². The molecule has 0 aliphatic rings. The summed E-state index contributed by atoms with van der Waals surface area (Å²) in [5.41, 5.74) is 7.04. The Morgan fingerprint density at radius 2 is 1.48 bits per heavy atom. The zero-order chi connectivity index (χ0) is 18.9. The van der Waals surface area contributed by atoms with E-state index in [0.29, 0.717) is 11.4 Å². The van der Waals surface area contributed by atoms with Gasteiger partial charge in [0.15, 0.2) is 0 Å². The van der Waals surface area contributed by atoms with Crippen LogP contribution in [0.5, 0.6) is 0 Å². The molecule has 0 fully saturated rings. The number of hydrogen-bond donors (Lipinski definition) is 1. The van der Waals surface area contributed by atoms with Crippen molar-refractivity contribution in [1.29, 1.82) is 0 Å². The molecule has 5 heteroatoms. The van der Waals surface area contributed by atoms with E-state index in [1.165, 1.54) is 55.5 Å². The first-order valence-electron chi connectivity index (χ1n) is 9.90. The van der Waals surface area contributed by atoms with Gasteiger partial charge in [0.05, 0.1) is 0 Å². The van der Waals surface area contributed by atoms with Crippen molar-refractivity contribution in [1.82, 2.24) is 9.88 Å². The summed E-state index contributed by atoms with van der Waals surface area (Å²) < 4.78 is 5.30. The van der Waals surface area contributed by atoms with Crippen molar-refractivity contribution in [2.75, 3.05) is 19.8 Å². The average molecular weight is 454 g/mol. The molecule has 0 atom stereocenters. The second kappa shape index (κ2) is 11.0. The van der Waals surface area contributed by atoms with E-state index in [1.54, 1.807) is 19.0 Å². The molecule has 1 amide bonds. The molecule has 1 aromatic heterocycles. The fraction of sp³-hybridized carbons (Fsp3) is 0.700. The summed E-state index contributed by atoms with van der Waals surface area (Å²) in [4.78, 5) is 19.0. The van der Waals surface area contributed by atoms with Crippen molar-refractivity contribution < 1.29 is 4.79 Å². The number of rotatable bonds is 11. The predicted octanol–water partition coefficient (Wildman–Crippen LogP) is 4.42. The molecule has 1 heterocycles. The van der Waals surface area contributed by atoms with E-state index < -0.39 is 18.4 Å². The molecule has 0 bridgehead atoms. The van der Waals surface area contributed by atoms with Gasteiger partial charge in [0, 0.05) is 0 Å². The third kappa shape index (κ3) is 6.15. The second-order valence-corrected chi connectivity index (χ2v) is 20.5. The summed E-state index contributed by atoms with van der Waals surface area (Å²) in [7, 11) is 3.52. The normalized spacial score (nSPS) is 11.6. The van der Waals surface area contributed by atoms with E-state index in [1.807, 2.05) is 6.07 Å². The summed E-state index contributed by atoms with van der Waals surface area (Å²) >= 11 is -2.61. The van der Waals surface area contributed by atoms with Gasteiger partial charge in [-0.25, -0.2) is 0 Å². The summed E-state index contributed by atoms with van der Waals surface area (Å²) in [5, 5.41) is 0. The number of nitrogens with zero attached hydrogens (tertiary/aromatic N) is 2. The predicted molar refractivity (Wildman–Crippen MR) is 111 cm³/mol. The molecule has 4 nitrogen and oxygen atoms in total. The Bertz CT molecular complexity index is 524. The number of carbonyl (C=O) groups excluding carboxylic acids is 1. The van der Waals surface area contributed by atoms with E-state index >= 15 is 0 Å². The van der Waals surface area contributed by atoms with E-state index in [-0.39, 0.29) is 5.91 Å². The molecule has 2 N–H and O–H groups in total. The standard InChI is InChI=1S/C8H10N3O.3C4H9.Sn/c1-11(2)8(12)7-6(9)4-3-5-10-7;3*1-3-4-2;/h3-4H,9H2,1-2H3;3*1,3-4H2,2H3;. The molecule has 0 spiro atoms. The number of pyridine rings is 1. The third-order valence-electron chi connectivity index (χ3n) is 5.11. The van der Waals surface area contributed by atoms with Gasteiger partial charge in [0.1, 0.15) is 0 Å². The number of aromatic nitrogens is 1. The number of nitrogen functional groups attached to an aromatic ring is 1. The van der Waals surface area contributed by atoms with Crippen molar-refractivity contribution in [2.24, 2.45) is 0 Å². The van der Waals surface area contributed by atoms with Gasteiger partial charge in [0.2, 0.25) is 0 Å². The van der Waals surface area contributed by atoms with Gasteiger partial charge in [-0.3, -0.25) is 0 Å². The van der Waals surface area contributed by atoms with Crippen LogP contribution < -0.4 is 9.44 Å². The fourth-order valence-corrected chi connectivity index (χ4v) is 18.9. The van der Waals surface area contributed by atoms with Gasteiger partial charge in [-0.2, -0.15) is 0 Å². The SMILES string of the molecule is CCC[CH2][Sn]([CH2]CCC)([CH2]CCC)[c]1ccc(N)c(C(=O)N(C)C)n1. The molecule has 0 aromatic carbocycles. The van der Waals surface area contributed by atoms with Crippen LogP contribution in [0.2, 0.25) is 13.3 Å². The van der Waals surface area contributed by atoms with Gasteiger partial charge >= 0.3 is 159 Å². The first-order valence-corrected chi connectivity index (χ1v) is 17.4. The van der Waals surface area contributed by atoms with Gasteiger partial charge in [-0.05, 0) is 0 Å². The van der Waals surface area contributed by atoms with Crippen LogP contribution in [0, 0.1) is 0 Å². The molecule has 0 unspecified atom stereocenters. The number of nitrogens with two attached hydrogens (primary N) is 1. The minimum atomic E-state index is -2.61. The fourth-order valence-electron chi connectivity index (χ4n) is 3.45. The van der Waals surface area contributed by atoms with Crippen LogP contribution in [0.1, 0.15) is 69.8 Å². The van der Waals surface area contributed by atoms with Crippen LogP contribution in [0.4, 0.5) is 5.69 Å². The Hall–Kier alpha value is -0.781. The van der Waals surface area contributed by atoms with E-state index in [0.717, 1.165) is 0 Å². The van der Waals surface area contributed by atoms with Crippen LogP contribution >= 0.6 is 0 Å². The molecule has 0 radical (unpaired) electrons. The van der Waals surface area contributed by atoms with Crippen molar-refractivity contribution in [3.63, 3.8) is 0 Å². The quantitative estimate of drug-likeness (QED) is 0.504. The van der Waals surface area contributed by atoms with E-state index in [4.69, 9.17) is 10.7 Å². The summed E-state index contributed by atoms with van der Waals surface area (Å²) in [6.07, 6.45) is 7.55. The number of hydrogen-bond acceptors (Lipinski definition) is 3. The average Bonchev–Trinajstić information content (AvgIpc) is 2.61. The van der Waals surface area contributed by atoms with E-state index in [9.17, 15) is 4.79 Å². The number of unbranched alkanes of at least 4 members (excludes halogenated alkanes) is 3. The Morgan fingerprint density at radius 3 is 1.88 bits per heavy atom. The molecular formula is C20H37N3OSn. The minimum absolute atomic E-state index is 0.0824. The first-order chi connectivity index (χ1) is 11.9. The molecule has 0 aliphatic carbocycles. The number of anilines is 1. The summed E-state index contributed by atoms with van der Waals surface area (Å²) in [6, 6.07) is 4.08. The summed E-state index contributed by atoms with van der Waals surface area (Å²) in [6.45, 7) is 6.81. The molecule has 1 rings (SSSR count). The first kappa shape index (κ1) is 22.3. The molecule has 0 aliphatic heterocycles. The van der Waals surface area contributed by atoms with Crippen molar-refractivity contribution in [3.8, 4) is 0 Å². The molecule has 25 heavy (non-hydrogen) atoms. The van der Waals surface area contributed by atoms with Crippen LogP contribution in [0.25, 0.3) is 0 Å². The van der Waals surface area contributed by atoms with Crippen molar-refractivity contribution in [3.05, 3.63) is 17.8 Å². The number of amides is 1. The number of carbonyl (C=O) groups is 1. The molecular weight excluding hydrogens is 417 g/mol. The van der Waals surface area contributed by atoms with E-state index in [2.05, 4.69) is 26.8 Å². The van der Waals surface area contributed by atoms with Crippen LogP contribution in [-0.2, 0) is 0 Å². The zero-order valence-corrected chi connectivity index (χ0v) is 19.8. The van der Waals surface area contributed by atoms with Crippen LogP contribution in [0.15, 0.2) is 12.1 Å². The second-order valence-electron chi connectivity index (χ2n) is 7.42. The maximum atomic E-state index is 12.5. The van der Waals surface area contributed by atoms with Crippen LogP contribution in [-0.4, -0.2) is 48.3 Å². The molecule has 1 aromatic rings. The third-order valence-corrected chi connectivity index (χ3v) is 20.2. The Morgan fingerprint density at radius 1 is 1.00 bits per heavy atom. The molecule has 0 saturated carbocycles. The Balaban J connectivity index is 3.35. The maximum absolute atomic E-state index is 12.5. The summed E-state index contributed by atoms with van der Waals surface area (Å²) in [5.74, 6) is -0.0824. The molecule has 0 saturated heterocycles. The van der Waals surface area contributed by atoms with Crippen molar-refractivity contribution in [2.45, 2.75) is 72.6 Å². The van der Waals surface area contributed by atoms with Gasteiger partial charge < -0.3 is 0 Å².